The fourth-order valence-corrected chi connectivity index (χ4v) is 5.47. The number of aryl methyl sites for hydroxylation is 1. The molecule has 3 saturated heterocycles. The molecule has 0 saturated carbocycles. The Morgan fingerprint density at radius 2 is 2.13 bits per heavy atom. The van der Waals surface area contributed by atoms with E-state index in [4.69, 9.17) is 14.4 Å². The van der Waals surface area contributed by atoms with Crippen molar-refractivity contribution in [1.82, 2.24) is 20.2 Å². The van der Waals surface area contributed by atoms with E-state index in [1.807, 2.05) is 25.1 Å². The lowest BCUT2D eigenvalue weighted by atomic mass is 9.74. The Balaban J connectivity index is 1.31. The van der Waals surface area contributed by atoms with E-state index in [-0.39, 0.29) is 5.91 Å². The molecule has 3 aliphatic rings. The molecule has 0 aliphatic carbocycles. The van der Waals surface area contributed by atoms with Crippen LogP contribution >= 0.6 is 15.9 Å². The van der Waals surface area contributed by atoms with Crippen LogP contribution in [0.5, 0.6) is 0 Å². The molecule has 6 rings (SSSR count). The minimum absolute atomic E-state index is 0.145. The number of rotatable bonds is 5. The summed E-state index contributed by atoms with van der Waals surface area (Å²) in [5.74, 6) is 1.99. The van der Waals surface area contributed by atoms with Gasteiger partial charge in [0, 0.05) is 40.8 Å². The highest BCUT2D eigenvalue weighted by Gasteiger charge is 2.41. The first-order valence-electron chi connectivity index (χ1n) is 10.7. The summed E-state index contributed by atoms with van der Waals surface area (Å²) in [6.45, 7) is 4.66. The highest BCUT2D eigenvalue weighted by molar-refractivity contribution is 9.10. The number of benzene rings is 1. The van der Waals surface area contributed by atoms with Crippen LogP contribution in [0.15, 0.2) is 57.6 Å². The van der Waals surface area contributed by atoms with Crippen molar-refractivity contribution >= 4 is 21.8 Å². The van der Waals surface area contributed by atoms with Crippen LogP contribution in [0.1, 0.15) is 40.8 Å². The Morgan fingerprint density at radius 1 is 1.26 bits per heavy atom. The molecule has 4 atom stereocenters. The van der Waals surface area contributed by atoms with Crippen LogP contribution in [0.25, 0.3) is 11.3 Å². The fourth-order valence-electron chi connectivity index (χ4n) is 4.98. The van der Waals surface area contributed by atoms with Gasteiger partial charge in [0.25, 0.3) is 5.91 Å². The first-order valence-corrected chi connectivity index (χ1v) is 11.5. The molecule has 3 fully saturated rings. The highest BCUT2D eigenvalue weighted by Crippen LogP contribution is 2.42. The molecule has 160 valence electrons. The van der Waals surface area contributed by atoms with E-state index in [9.17, 15) is 4.79 Å². The molecule has 2 bridgehead atoms. The maximum atomic E-state index is 12.2. The number of carbonyl (C=O) groups excluding carboxylic acids is 1. The molecule has 5 heterocycles. The van der Waals surface area contributed by atoms with Gasteiger partial charge in [0.2, 0.25) is 0 Å². The number of hydrogen-bond donors (Lipinski definition) is 1. The minimum atomic E-state index is -0.145. The third-order valence-corrected chi connectivity index (χ3v) is 7.20. The van der Waals surface area contributed by atoms with Crippen LogP contribution in [0.2, 0.25) is 0 Å². The second-order valence-corrected chi connectivity index (χ2v) is 9.29. The Bertz CT molecular complexity index is 1080. The van der Waals surface area contributed by atoms with Crippen molar-refractivity contribution in [1.29, 1.82) is 0 Å². The maximum absolute atomic E-state index is 12.2. The van der Waals surface area contributed by atoms with Crippen LogP contribution < -0.4 is 5.32 Å². The average Bonchev–Trinajstić information content (AvgIpc) is 3.33. The third kappa shape index (κ3) is 4.16. The molecule has 3 aliphatic heterocycles. The number of aromatic nitrogens is 2. The van der Waals surface area contributed by atoms with E-state index in [0.717, 1.165) is 46.8 Å². The van der Waals surface area contributed by atoms with Gasteiger partial charge in [-0.05, 0) is 56.5 Å². The van der Waals surface area contributed by atoms with Gasteiger partial charge in [0.15, 0.2) is 5.76 Å². The van der Waals surface area contributed by atoms with Gasteiger partial charge in [-0.25, -0.2) is 9.97 Å². The van der Waals surface area contributed by atoms with Gasteiger partial charge in [-0.2, -0.15) is 0 Å². The standard InChI is InChI=1S/C24H25BrN4O2/c1-15-27-21(18-5-2-3-6-20(18)25)12-22(28-15)19-14-29-9-8-16(19)11-17(29)13-26-24(30)23-7-4-10-31-23/h2-7,10,12,16-17,19H,8-9,11,13-14H2,1H3,(H,26,30). The van der Waals surface area contributed by atoms with Gasteiger partial charge >= 0.3 is 0 Å². The van der Waals surface area contributed by atoms with Crippen molar-refractivity contribution in [2.45, 2.75) is 31.7 Å². The number of hydrogen-bond acceptors (Lipinski definition) is 5. The zero-order valence-corrected chi connectivity index (χ0v) is 19.0. The predicted molar refractivity (Wildman–Crippen MR) is 122 cm³/mol. The number of piperidine rings is 3. The molecular weight excluding hydrogens is 456 g/mol. The van der Waals surface area contributed by atoms with Crippen LogP contribution in [0.4, 0.5) is 0 Å². The molecule has 7 heteroatoms. The van der Waals surface area contributed by atoms with E-state index in [0.29, 0.717) is 30.2 Å². The van der Waals surface area contributed by atoms with Crippen molar-refractivity contribution in [2.24, 2.45) is 5.92 Å². The van der Waals surface area contributed by atoms with E-state index >= 15 is 0 Å². The van der Waals surface area contributed by atoms with Crippen LogP contribution in [0.3, 0.4) is 0 Å². The van der Waals surface area contributed by atoms with Gasteiger partial charge < -0.3 is 9.73 Å². The van der Waals surface area contributed by atoms with Gasteiger partial charge in [-0.15, -0.1) is 0 Å². The second-order valence-electron chi connectivity index (χ2n) is 8.43. The van der Waals surface area contributed by atoms with Crippen LogP contribution in [-0.4, -0.2) is 46.5 Å². The molecule has 1 amide bonds. The monoisotopic (exact) mass is 480 g/mol. The molecule has 31 heavy (non-hydrogen) atoms. The van der Waals surface area contributed by atoms with E-state index < -0.39 is 0 Å². The smallest absolute Gasteiger partial charge is 0.287 e. The highest BCUT2D eigenvalue weighted by atomic mass is 79.9. The van der Waals surface area contributed by atoms with Gasteiger partial charge in [-0.3, -0.25) is 9.69 Å². The third-order valence-electron chi connectivity index (χ3n) is 6.51. The van der Waals surface area contributed by atoms with Crippen molar-refractivity contribution < 1.29 is 9.21 Å². The van der Waals surface area contributed by atoms with Gasteiger partial charge in [0.05, 0.1) is 12.0 Å². The summed E-state index contributed by atoms with van der Waals surface area (Å²) in [4.78, 5) is 24.3. The van der Waals surface area contributed by atoms with Crippen molar-refractivity contribution in [3.05, 3.63) is 70.5 Å². The van der Waals surface area contributed by atoms with Crippen LogP contribution in [0, 0.1) is 12.8 Å². The summed E-state index contributed by atoms with van der Waals surface area (Å²) >= 11 is 3.65. The van der Waals surface area contributed by atoms with Crippen molar-refractivity contribution in [2.75, 3.05) is 19.6 Å². The normalized spacial score (nSPS) is 24.8. The lowest BCUT2D eigenvalue weighted by Crippen LogP contribution is -2.56. The summed E-state index contributed by atoms with van der Waals surface area (Å²) in [6.07, 6.45) is 3.76. The first kappa shape index (κ1) is 20.4. The number of amides is 1. The zero-order valence-electron chi connectivity index (χ0n) is 17.4. The Kier molecular flexibility index (Phi) is 5.63. The number of nitrogens with zero attached hydrogens (tertiary/aromatic N) is 3. The molecule has 3 aromatic rings. The largest absolute Gasteiger partial charge is 0.459 e. The van der Waals surface area contributed by atoms with E-state index in [1.165, 1.54) is 12.7 Å². The van der Waals surface area contributed by atoms with E-state index in [2.05, 4.69) is 38.3 Å². The quantitative estimate of drug-likeness (QED) is 0.585. The Hall–Kier alpha value is -2.51. The second kappa shape index (κ2) is 8.55. The van der Waals surface area contributed by atoms with Gasteiger partial charge in [0.1, 0.15) is 5.82 Å². The van der Waals surface area contributed by atoms with E-state index in [1.54, 1.807) is 12.1 Å². The number of halogens is 1. The molecule has 0 radical (unpaired) electrons. The topological polar surface area (TPSA) is 71.3 Å². The van der Waals surface area contributed by atoms with Crippen LogP contribution in [-0.2, 0) is 0 Å². The summed E-state index contributed by atoms with van der Waals surface area (Å²) < 4.78 is 6.24. The predicted octanol–water partition coefficient (Wildman–Crippen LogP) is 4.42. The Labute approximate surface area is 190 Å². The lowest BCUT2D eigenvalue weighted by Gasteiger charge is -2.49. The van der Waals surface area contributed by atoms with Gasteiger partial charge in [-0.1, -0.05) is 34.1 Å². The van der Waals surface area contributed by atoms with Crippen molar-refractivity contribution in [3.63, 3.8) is 0 Å². The molecule has 1 aromatic carbocycles. The molecular formula is C24H25BrN4O2. The summed E-state index contributed by atoms with van der Waals surface area (Å²) in [5.41, 5.74) is 3.19. The summed E-state index contributed by atoms with van der Waals surface area (Å²) in [6, 6.07) is 14.1. The molecule has 0 spiro atoms. The molecule has 1 N–H and O–H groups in total. The fraction of sp³-hybridized carbons (Fsp3) is 0.375. The average molecular weight is 481 g/mol. The first-order chi connectivity index (χ1) is 15.1. The number of furan rings is 1. The minimum Gasteiger partial charge on any atom is -0.459 e. The summed E-state index contributed by atoms with van der Waals surface area (Å²) in [5, 5.41) is 3.04. The van der Waals surface area contributed by atoms with Crippen molar-refractivity contribution in [3.8, 4) is 11.3 Å². The zero-order chi connectivity index (χ0) is 21.4. The Morgan fingerprint density at radius 3 is 2.87 bits per heavy atom. The lowest BCUT2D eigenvalue weighted by molar-refractivity contribution is 0.0288. The molecule has 4 unspecified atom stereocenters. The SMILES string of the molecule is Cc1nc(-c2ccccc2Br)cc(C2CN3CCC2CC3CNC(=O)c2ccco2)n1. The summed E-state index contributed by atoms with van der Waals surface area (Å²) in [7, 11) is 0. The number of fused-ring (bicyclic) bond motifs is 3. The molecule has 2 aromatic heterocycles. The molecule has 6 nitrogen and oxygen atoms in total. The maximum Gasteiger partial charge on any atom is 0.287 e. The number of carbonyl (C=O) groups is 1. The number of nitrogens with one attached hydrogen (secondary N) is 1.